The molecule has 1 aromatic heterocycles. The zero-order valence-electron chi connectivity index (χ0n) is 16.0. The molecular weight excluding hydrogens is 416 g/mol. The zero-order chi connectivity index (χ0) is 21.0. The maximum absolute atomic E-state index is 15.5. The summed E-state index contributed by atoms with van der Waals surface area (Å²) in [6.45, 7) is 0.0370. The fourth-order valence-corrected chi connectivity index (χ4v) is 4.73. The molecule has 2 aromatic rings. The largest absolute Gasteiger partial charge is 0.484 e. The van der Waals surface area contributed by atoms with E-state index in [-0.39, 0.29) is 24.6 Å². The number of benzene rings is 1. The van der Waals surface area contributed by atoms with E-state index in [0.717, 1.165) is 0 Å². The van der Waals surface area contributed by atoms with E-state index in [1.165, 1.54) is 6.20 Å². The van der Waals surface area contributed by atoms with Crippen molar-refractivity contribution in [2.45, 2.75) is 36.4 Å². The molecule has 5 rings (SSSR count). The highest BCUT2D eigenvalue weighted by Gasteiger charge is 2.66. The van der Waals surface area contributed by atoms with Crippen LogP contribution in [0.2, 0.25) is 5.02 Å². The van der Waals surface area contributed by atoms with Crippen molar-refractivity contribution in [3.05, 3.63) is 47.2 Å². The fourth-order valence-electron chi connectivity index (χ4n) is 4.56. The SMILES string of the molecule is NC1=NCC(F)(F)[C@]2(C[C@]3(CCCOC3)Oc3ccc(-c4cncc(Cl)c4)cc32)O1. The molecule has 9 heteroatoms. The minimum atomic E-state index is -3.29. The van der Waals surface area contributed by atoms with Gasteiger partial charge in [-0.15, -0.1) is 0 Å². The van der Waals surface area contributed by atoms with Crippen LogP contribution in [0.3, 0.4) is 0 Å². The van der Waals surface area contributed by atoms with Crippen molar-refractivity contribution in [3.8, 4) is 16.9 Å². The molecule has 1 aromatic carbocycles. The molecule has 30 heavy (non-hydrogen) atoms. The molecule has 6 nitrogen and oxygen atoms in total. The van der Waals surface area contributed by atoms with Crippen LogP contribution >= 0.6 is 11.6 Å². The van der Waals surface area contributed by atoms with E-state index in [2.05, 4.69) is 9.98 Å². The van der Waals surface area contributed by atoms with Crippen LogP contribution in [0.1, 0.15) is 24.8 Å². The highest BCUT2D eigenvalue weighted by atomic mass is 35.5. The molecule has 0 bridgehead atoms. The van der Waals surface area contributed by atoms with E-state index in [1.807, 2.05) is 0 Å². The number of hydrogen-bond donors (Lipinski definition) is 1. The second-order valence-electron chi connectivity index (χ2n) is 8.01. The molecule has 0 unspecified atom stereocenters. The Morgan fingerprint density at radius 3 is 2.73 bits per heavy atom. The standard InChI is InChI=1S/C21H20ClF2N3O3/c22-15-6-14(8-26-9-15)13-2-3-17-16(7-13)20(21(23,24)11-27-18(25)30-20)10-19(29-17)4-1-5-28-12-19/h2-3,6-9H,1,4-5,10-12H2,(H2,25,27)/t19-,20+/m0/s1. The van der Waals surface area contributed by atoms with E-state index in [9.17, 15) is 0 Å². The Labute approximate surface area is 177 Å². The fraction of sp³-hybridized carbons (Fsp3) is 0.429. The van der Waals surface area contributed by atoms with Gasteiger partial charge in [0, 0.05) is 36.5 Å². The van der Waals surface area contributed by atoms with E-state index >= 15 is 8.78 Å². The van der Waals surface area contributed by atoms with Crippen molar-refractivity contribution in [3.63, 3.8) is 0 Å². The van der Waals surface area contributed by atoms with Crippen LogP contribution in [0, 0.1) is 0 Å². The summed E-state index contributed by atoms with van der Waals surface area (Å²) in [4.78, 5) is 7.74. The van der Waals surface area contributed by atoms with Crippen LogP contribution in [-0.4, -0.2) is 42.3 Å². The summed E-state index contributed by atoms with van der Waals surface area (Å²) in [5.74, 6) is -2.95. The number of pyridine rings is 1. The Hall–Kier alpha value is -2.45. The van der Waals surface area contributed by atoms with Gasteiger partial charge in [0.1, 0.15) is 17.9 Å². The zero-order valence-corrected chi connectivity index (χ0v) is 16.8. The third kappa shape index (κ3) is 3.01. The molecular formula is C21H20ClF2N3O3. The average Bonchev–Trinajstić information content (AvgIpc) is 2.72. The first-order chi connectivity index (χ1) is 14.3. The van der Waals surface area contributed by atoms with Crippen molar-refractivity contribution in [2.24, 2.45) is 10.7 Å². The van der Waals surface area contributed by atoms with Crippen LogP contribution in [0.5, 0.6) is 5.75 Å². The lowest BCUT2D eigenvalue weighted by Gasteiger charge is -2.52. The van der Waals surface area contributed by atoms with Crippen molar-refractivity contribution in [1.29, 1.82) is 0 Å². The van der Waals surface area contributed by atoms with Crippen molar-refractivity contribution in [2.75, 3.05) is 19.8 Å². The van der Waals surface area contributed by atoms with Gasteiger partial charge in [-0.1, -0.05) is 17.7 Å². The quantitative estimate of drug-likeness (QED) is 0.734. The molecule has 0 amide bonds. The van der Waals surface area contributed by atoms with Crippen LogP contribution in [0.15, 0.2) is 41.7 Å². The lowest BCUT2D eigenvalue weighted by Crippen LogP contribution is -2.63. The third-order valence-corrected chi connectivity index (χ3v) is 6.15. The molecule has 3 aliphatic rings. The third-order valence-electron chi connectivity index (χ3n) is 5.94. The Bertz CT molecular complexity index is 1030. The first kappa shape index (κ1) is 19.5. The van der Waals surface area contributed by atoms with E-state index in [4.69, 9.17) is 31.5 Å². The molecule has 0 aliphatic carbocycles. The van der Waals surface area contributed by atoms with Crippen LogP contribution in [0.25, 0.3) is 11.1 Å². The number of nitrogens with zero attached hydrogens (tertiary/aromatic N) is 2. The molecule has 4 heterocycles. The number of halogens is 3. The molecule has 0 saturated carbocycles. The molecule has 158 valence electrons. The number of aliphatic imine (C=N–C) groups is 1. The number of aromatic nitrogens is 1. The molecule has 2 atom stereocenters. The number of nitrogens with two attached hydrogens (primary N) is 1. The Morgan fingerprint density at radius 2 is 1.97 bits per heavy atom. The van der Waals surface area contributed by atoms with Gasteiger partial charge in [-0.2, -0.15) is 8.78 Å². The van der Waals surface area contributed by atoms with E-state index in [1.54, 1.807) is 30.5 Å². The first-order valence-electron chi connectivity index (χ1n) is 9.72. The Balaban J connectivity index is 1.70. The summed E-state index contributed by atoms with van der Waals surface area (Å²) < 4.78 is 48.6. The second-order valence-corrected chi connectivity index (χ2v) is 8.45. The van der Waals surface area contributed by atoms with Gasteiger partial charge in [-0.25, -0.2) is 4.99 Å². The van der Waals surface area contributed by atoms with Gasteiger partial charge < -0.3 is 19.9 Å². The summed E-state index contributed by atoms with van der Waals surface area (Å²) in [6, 6.07) is 6.59. The lowest BCUT2D eigenvalue weighted by molar-refractivity contribution is -0.227. The molecule has 1 saturated heterocycles. The Kier molecular flexibility index (Phi) is 4.41. The van der Waals surface area contributed by atoms with Crippen molar-refractivity contribution < 1.29 is 23.0 Å². The molecule has 2 spiro atoms. The molecule has 3 aliphatic heterocycles. The topological polar surface area (TPSA) is 79.0 Å². The van der Waals surface area contributed by atoms with Crippen LogP contribution in [0.4, 0.5) is 8.78 Å². The molecule has 1 fully saturated rings. The lowest BCUT2D eigenvalue weighted by atomic mass is 9.72. The minimum Gasteiger partial charge on any atom is -0.484 e. The second kappa shape index (κ2) is 6.78. The summed E-state index contributed by atoms with van der Waals surface area (Å²) in [6.07, 6.45) is 4.34. The maximum atomic E-state index is 15.5. The van der Waals surface area contributed by atoms with E-state index in [0.29, 0.717) is 41.3 Å². The summed E-state index contributed by atoms with van der Waals surface area (Å²) >= 11 is 6.06. The van der Waals surface area contributed by atoms with Gasteiger partial charge in [0.05, 0.1) is 11.6 Å². The summed E-state index contributed by atoms with van der Waals surface area (Å²) in [7, 11) is 0. The van der Waals surface area contributed by atoms with Crippen molar-refractivity contribution >= 4 is 17.6 Å². The summed E-state index contributed by atoms with van der Waals surface area (Å²) in [5, 5.41) is 0.449. The first-order valence-corrected chi connectivity index (χ1v) is 10.1. The van der Waals surface area contributed by atoms with Gasteiger partial charge >= 0.3 is 5.92 Å². The maximum Gasteiger partial charge on any atom is 0.310 e. The van der Waals surface area contributed by atoms with E-state index < -0.39 is 23.7 Å². The number of alkyl halides is 2. The average molecular weight is 436 g/mol. The predicted octanol–water partition coefficient (Wildman–Crippen LogP) is 3.91. The highest BCUT2D eigenvalue weighted by molar-refractivity contribution is 6.30. The Morgan fingerprint density at radius 1 is 1.10 bits per heavy atom. The minimum absolute atomic E-state index is 0.0898. The number of ether oxygens (including phenoxy) is 3. The van der Waals surface area contributed by atoms with Gasteiger partial charge in [0.2, 0.25) is 5.60 Å². The van der Waals surface area contributed by atoms with Gasteiger partial charge in [-0.3, -0.25) is 4.98 Å². The van der Waals surface area contributed by atoms with Gasteiger partial charge in [-0.05, 0) is 36.6 Å². The monoisotopic (exact) mass is 435 g/mol. The van der Waals surface area contributed by atoms with Crippen LogP contribution in [-0.2, 0) is 15.1 Å². The molecule has 2 N–H and O–H groups in total. The predicted molar refractivity (Wildman–Crippen MR) is 107 cm³/mol. The number of amidine groups is 1. The number of fused-ring (bicyclic) bond motifs is 2. The van der Waals surface area contributed by atoms with Crippen molar-refractivity contribution in [1.82, 2.24) is 4.98 Å². The van der Waals surface area contributed by atoms with Crippen LogP contribution < -0.4 is 10.5 Å². The summed E-state index contributed by atoms with van der Waals surface area (Å²) in [5.41, 5.74) is 4.49. The number of hydrogen-bond acceptors (Lipinski definition) is 6. The smallest absolute Gasteiger partial charge is 0.310 e. The molecule has 0 radical (unpaired) electrons. The highest BCUT2D eigenvalue weighted by Crippen LogP contribution is 2.56. The normalized spacial score (nSPS) is 29.6. The number of rotatable bonds is 1. The van der Waals surface area contributed by atoms with Gasteiger partial charge in [0.15, 0.2) is 0 Å². The van der Waals surface area contributed by atoms with Gasteiger partial charge in [0.25, 0.3) is 6.02 Å².